The highest BCUT2D eigenvalue weighted by Gasteiger charge is 2.41. The van der Waals surface area contributed by atoms with Gasteiger partial charge in [0.25, 0.3) is 5.76 Å². The van der Waals surface area contributed by atoms with Gasteiger partial charge in [-0.2, -0.15) is 13.2 Å². The minimum Gasteiger partial charge on any atom is -0.449 e. The molecule has 12 heteroatoms. The quantitative estimate of drug-likeness (QED) is 0.218. The molecule has 0 aliphatic carbocycles. The van der Waals surface area contributed by atoms with Crippen molar-refractivity contribution in [3.63, 3.8) is 0 Å². The van der Waals surface area contributed by atoms with Crippen molar-refractivity contribution in [3.05, 3.63) is 97.3 Å². The lowest BCUT2D eigenvalue weighted by molar-refractivity contribution is -0.921. The molecule has 1 aliphatic rings. The molecule has 0 saturated carbocycles. The minimum absolute atomic E-state index is 0.0180. The van der Waals surface area contributed by atoms with E-state index >= 15 is 0 Å². The van der Waals surface area contributed by atoms with E-state index in [1.807, 2.05) is 0 Å². The normalized spacial score (nSPS) is 14.3. The fourth-order valence-corrected chi connectivity index (χ4v) is 4.69. The molecule has 3 aromatic carbocycles. The summed E-state index contributed by atoms with van der Waals surface area (Å²) in [5, 5.41) is 0.639. The molecule has 4 aromatic rings. The molecule has 2 heterocycles. The third-order valence-electron chi connectivity index (χ3n) is 6.59. The van der Waals surface area contributed by atoms with Crippen LogP contribution in [0, 0.1) is 6.92 Å². The number of esters is 1. The number of benzene rings is 3. The van der Waals surface area contributed by atoms with E-state index in [1.54, 1.807) is 6.92 Å². The molecular weight excluding hydrogens is 586 g/mol. The van der Waals surface area contributed by atoms with Gasteiger partial charge in [0.05, 0.1) is 29.7 Å². The smallest absolute Gasteiger partial charge is 0.449 e. The van der Waals surface area contributed by atoms with Crippen molar-refractivity contribution in [2.24, 2.45) is 0 Å². The number of hydrogen-bond acceptors (Lipinski definition) is 6. The fourth-order valence-electron chi connectivity index (χ4n) is 4.45. The van der Waals surface area contributed by atoms with Crippen molar-refractivity contribution < 1.29 is 41.5 Å². The van der Waals surface area contributed by atoms with E-state index < -0.39 is 29.1 Å². The zero-order chi connectivity index (χ0) is 29.3. The third kappa shape index (κ3) is 6.36. The minimum atomic E-state index is -5.08. The Morgan fingerprint density at radius 3 is 2.39 bits per heavy atom. The zero-order valence-electron chi connectivity index (χ0n) is 21.6. The Morgan fingerprint density at radius 2 is 1.73 bits per heavy atom. The fraction of sp³-hybridized carbons (Fsp3) is 0.241. The van der Waals surface area contributed by atoms with Crippen molar-refractivity contribution in [1.82, 2.24) is 0 Å². The van der Waals surface area contributed by atoms with Gasteiger partial charge < -0.3 is 23.5 Å². The first-order valence-electron chi connectivity index (χ1n) is 12.5. The second-order valence-electron chi connectivity index (χ2n) is 9.45. The van der Waals surface area contributed by atoms with Gasteiger partial charge in [0.2, 0.25) is 11.2 Å². The van der Waals surface area contributed by atoms with E-state index in [4.69, 9.17) is 41.8 Å². The van der Waals surface area contributed by atoms with Gasteiger partial charge in [-0.1, -0.05) is 23.2 Å². The van der Waals surface area contributed by atoms with Gasteiger partial charge in [-0.3, -0.25) is 4.79 Å². The average Bonchev–Trinajstić information content (AvgIpc) is 2.93. The van der Waals surface area contributed by atoms with Gasteiger partial charge in [-0.15, -0.1) is 0 Å². The third-order valence-corrected chi connectivity index (χ3v) is 7.27. The second kappa shape index (κ2) is 11.7. The Balaban J connectivity index is 1.65. The highest BCUT2D eigenvalue weighted by Crippen LogP contribution is 2.40. The summed E-state index contributed by atoms with van der Waals surface area (Å²) in [5.74, 6) is -3.43. The number of carbonyl (C=O) groups excluding carboxylic acids is 1. The number of aryl methyl sites for hydroxylation is 1. The molecule has 0 atom stereocenters. The summed E-state index contributed by atoms with van der Waals surface area (Å²) in [7, 11) is 0. The number of fused-ring (bicyclic) bond motifs is 1. The lowest BCUT2D eigenvalue weighted by Crippen LogP contribution is -3.12. The lowest BCUT2D eigenvalue weighted by Gasteiger charge is -2.25. The lowest BCUT2D eigenvalue weighted by atomic mass is 10.1. The topological polar surface area (TPSA) is 79.4 Å². The molecule has 214 valence electrons. The maximum atomic E-state index is 14.3. The summed E-state index contributed by atoms with van der Waals surface area (Å²) in [6.45, 7) is 3.74. The molecule has 1 saturated heterocycles. The van der Waals surface area contributed by atoms with Crippen LogP contribution in [0.1, 0.15) is 27.2 Å². The number of hydrogen-bond donors (Lipinski definition) is 1. The maximum Gasteiger partial charge on any atom is 0.453 e. The van der Waals surface area contributed by atoms with Crippen LogP contribution in [0.15, 0.2) is 63.8 Å². The number of nitrogens with one attached hydrogen (secondary N) is 1. The molecule has 0 amide bonds. The van der Waals surface area contributed by atoms with Gasteiger partial charge >= 0.3 is 12.1 Å². The largest absolute Gasteiger partial charge is 0.453 e. The summed E-state index contributed by atoms with van der Waals surface area (Å²) in [5.41, 5.74) is -0.509. The zero-order valence-corrected chi connectivity index (χ0v) is 23.1. The van der Waals surface area contributed by atoms with Crippen LogP contribution < -0.4 is 19.8 Å². The van der Waals surface area contributed by atoms with E-state index in [0.29, 0.717) is 41.9 Å². The molecule has 5 rings (SSSR count). The predicted octanol–water partition coefficient (Wildman–Crippen LogP) is 5.85. The summed E-state index contributed by atoms with van der Waals surface area (Å²) < 4.78 is 64.8. The van der Waals surface area contributed by atoms with Gasteiger partial charge in [0.1, 0.15) is 31.1 Å². The standard InChI is InChI=1S/C29H22Cl2F3NO6/c1-16-14-19(6-8-22(16)31)39-26-24(36)20-7-9-23(40-28(37)17-2-4-18(30)5-3-17)21(15-35-10-12-38-13-11-35)25(20)41-27(26)29(32,33)34/h2-9,14H,10-13,15H2,1H3/p+1. The Labute approximate surface area is 241 Å². The van der Waals surface area contributed by atoms with Crippen LogP contribution in [0.5, 0.6) is 17.2 Å². The predicted molar refractivity (Wildman–Crippen MR) is 145 cm³/mol. The van der Waals surface area contributed by atoms with E-state index in [2.05, 4.69) is 0 Å². The second-order valence-corrected chi connectivity index (χ2v) is 10.3. The van der Waals surface area contributed by atoms with Crippen LogP contribution in [-0.4, -0.2) is 32.3 Å². The van der Waals surface area contributed by atoms with Crippen LogP contribution in [-0.2, 0) is 17.5 Å². The summed E-state index contributed by atoms with van der Waals surface area (Å²) in [6.07, 6.45) is -5.08. The molecule has 1 aromatic heterocycles. The number of halogens is 5. The van der Waals surface area contributed by atoms with E-state index in [1.165, 1.54) is 54.6 Å². The summed E-state index contributed by atoms with van der Waals surface area (Å²) >= 11 is 11.9. The van der Waals surface area contributed by atoms with Crippen molar-refractivity contribution in [1.29, 1.82) is 0 Å². The van der Waals surface area contributed by atoms with Crippen LogP contribution in [0.3, 0.4) is 0 Å². The number of carbonyl (C=O) groups is 1. The molecule has 41 heavy (non-hydrogen) atoms. The number of morpholine rings is 1. The maximum absolute atomic E-state index is 14.3. The molecule has 0 radical (unpaired) electrons. The first-order chi connectivity index (χ1) is 19.5. The van der Waals surface area contributed by atoms with Crippen molar-refractivity contribution in [2.45, 2.75) is 19.6 Å². The molecule has 0 spiro atoms. The summed E-state index contributed by atoms with van der Waals surface area (Å²) in [4.78, 5) is 27.4. The Bertz CT molecular complexity index is 1660. The number of ether oxygens (including phenoxy) is 3. The SMILES string of the molecule is Cc1cc(Oc2c(C(F)(F)F)oc3c(C[NH+]4CCOCC4)c(OC(=O)c4ccc(Cl)cc4)ccc3c2=O)ccc1Cl. The Kier molecular flexibility index (Phi) is 8.28. The first-order valence-corrected chi connectivity index (χ1v) is 13.3. The molecule has 1 fully saturated rings. The molecule has 1 N–H and O–H groups in total. The number of quaternary nitrogens is 1. The molecule has 0 unspecified atom stereocenters. The van der Waals surface area contributed by atoms with Crippen molar-refractivity contribution >= 4 is 40.1 Å². The average molecular weight is 609 g/mol. The summed E-state index contributed by atoms with van der Waals surface area (Å²) in [6, 6.07) is 12.8. The van der Waals surface area contributed by atoms with Crippen molar-refractivity contribution in [2.75, 3.05) is 26.3 Å². The Hall–Kier alpha value is -3.57. The van der Waals surface area contributed by atoms with Gasteiger partial charge in [-0.05, 0) is 67.1 Å². The van der Waals surface area contributed by atoms with Crippen LogP contribution in [0.4, 0.5) is 13.2 Å². The number of alkyl halides is 3. The van der Waals surface area contributed by atoms with E-state index in [-0.39, 0.29) is 40.1 Å². The highest BCUT2D eigenvalue weighted by atomic mass is 35.5. The van der Waals surface area contributed by atoms with Crippen LogP contribution in [0.2, 0.25) is 10.0 Å². The molecule has 7 nitrogen and oxygen atoms in total. The van der Waals surface area contributed by atoms with Crippen molar-refractivity contribution in [3.8, 4) is 17.2 Å². The van der Waals surface area contributed by atoms with Gasteiger partial charge in [0.15, 0.2) is 5.58 Å². The van der Waals surface area contributed by atoms with Gasteiger partial charge in [0, 0.05) is 10.0 Å². The first kappa shape index (κ1) is 28.9. The van der Waals surface area contributed by atoms with E-state index in [9.17, 15) is 22.8 Å². The molecule has 0 bridgehead atoms. The van der Waals surface area contributed by atoms with E-state index in [0.717, 1.165) is 4.90 Å². The molecular formula is C29H23Cl2F3NO6+. The Morgan fingerprint density at radius 1 is 1.02 bits per heavy atom. The molecule has 1 aliphatic heterocycles. The number of rotatable bonds is 6. The van der Waals surface area contributed by atoms with Crippen LogP contribution >= 0.6 is 23.2 Å². The monoisotopic (exact) mass is 608 g/mol. The highest BCUT2D eigenvalue weighted by molar-refractivity contribution is 6.31. The van der Waals surface area contributed by atoms with Crippen LogP contribution in [0.25, 0.3) is 11.0 Å². The van der Waals surface area contributed by atoms with Gasteiger partial charge in [-0.25, -0.2) is 4.79 Å².